The molecule has 4 nitrogen and oxygen atoms in total. The summed E-state index contributed by atoms with van der Waals surface area (Å²) in [6.07, 6.45) is 0.630. The first-order valence-electron chi connectivity index (χ1n) is 7.47. The summed E-state index contributed by atoms with van der Waals surface area (Å²) in [4.78, 5) is 16.5. The molecule has 0 saturated carbocycles. The van der Waals surface area contributed by atoms with Crippen LogP contribution in [-0.2, 0) is 17.0 Å². The number of hydrogen-bond acceptors (Lipinski definition) is 3. The smallest absolute Gasteiger partial charge is 0.262 e. The van der Waals surface area contributed by atoms with Gasteiger partial charge in [-0.25, -0.2) is 4.39 Å². The van der Waals surface area contributed by atoms with Gasteiger partial charge in [0.25, 0.3) is 5.91 Å². The number of pyridine rings is 1. The predicted octanol–water partition coefficient (Wildman–Crippen LogP) is 3.70. The first kappa shape index (κ1) is 17.1. The zero-order valence-electron chi connectivity index (χ0n) is 12.6. The maximum absolute atomic E-state index is 15.4. The van der Waals surface area contributed by atoms with Crippen LogP contribution in [0, 0.1) is 0 Å². The Morgan fingerprint density at radius 1 is 1.38 bits per heavy atom. The molecule has 1 aliphatic carbocycles. The Labute approximate surface area is 148 Å². The Bertz CT molecular complexity index is 787. The maximum atomic E-state index is 15.4. The number of amides is 1. The fraction of sp³-hybridized carbons (Fsp3) is 0.294. The lowest BCUT2D eigenvalue weighted by atomic mass is 9.81. The van der Waals surface area contributed by atoms with E-state index in [9.17, 15) is 9.90 Å². The molecule has 7 heteroatoms. The third kappa shape index (κ3) is 2.99. The van der Waals surface area contributed by atoms with Crippen LogP contribution in [0.15, 0.2) is 36.5 Å². The van der Waals surface area contributed by atoms with Crippen molar-refractivity contribution in [3.8, 4) is 0 Å². The molecule has 1 aliphatic rings. The Morgan fingerprint density at radius 3 is 2.96 bits per heavy atom. The van der Waals surface area contributed by atoms with E-state index in [0.717, 1.165) is 0 Å². The number of nitrogens with one attached hydrogen (secondary N) is 1. The number of aliphatic hydroxyl groups excluding tert-OH is 1. The number of benzene rings is 1. The highest BCUT2D eigenvalue weighted by Gasteiger charge is 2.46. The van der Waals surface area contributed by atoms with E-state index in [2.05, 4.69) is 10.3 Å². The van der Waals surface area contributed by atoms with Crippen molar-refractivity contribution in [1.82, 2.24) is 10.3 Å². The van der Waals surface area contributed by atoms with Crippen LogP contribution in [0.5, 0.6) is 0 Å². The number of rotatable bonds is 3. The fourth-order valence-corrected chi connectivity index (χ4v) is 3.25. The quantitative estimate of drug-likeness (QED) is 0.868. The molecule has 1 aromatic heterocycles. The van der Waals surface area contributed by atoms with Gasteiger partial charge in [0.05, 0.1) is 21.8 Å². The molecular weight excluding hydrogens is 354 g/mol. The molecule has 2 atom stereocenters. The van der Waals surface area contributed by atoms with E-state index in [1.807, 2.05) is 0 Å². The van der Waals surface area contributed by atoms with Crippen molar-refractivity contribution in [2.75, 3.05) is 0 Å². The van der Waals surface area contributed by atoms with Crippen LogP contribution in [0.25, 0.3) is 0 Å². The zero-order valence-corrected chi connectivity index (χ0v) is 14.1. The van der Waals surface area contributed by atoms with Gasteiger partial charge in [-0.3, -0.25) is 9.78 Å². The minimum absolute atomic E-state index is 0.0576. The summed E-state index contributed by atoms with van der Waals surface area (Å²) >= 11 is 12.0. The third-order valence-corrected chi connectivity index (χ3v) is 5.03. The molecule has 0 fully saturated rings. The van der Waals surface area contributed by atoms with E-state index in [-0.39, 0.29) is 30.6 Å². The standard InChI is InChI=1S/C17H15Cl2FN2O2/c18-12-5-1-3-10(14(12)19)9-22-16(24)17(20)7-6-13(23)15-11(17)4-2-8-21-15/h1-5,8,13,23H,6-7,9H2,(H,22,24)/t13-,17-/m1/s1. The van der Waals surface area contributed by atoms with E-state index in [4.69, 9.17) is 23.2 Å². The number of fused-ring (bicyclic) bond motifs is 1. The minimum atomic E-state index is -2.23. The number of halogens is 3. The Balaban J connectivity index is 1.82. The summed E-state index contributed by atoms with van der Waals surface area (Å²) in [6, 6.07) is 8.08. The van der Waals surface area contributed by atoms with Crippen LogP contribution in [-0.4, -0.2) is 16.0 Å². The van der Waals surface area contributed by atoms with E-state index in [0.29, 0.717) is 15.6 Å². The van der Waals surface area contributed by atoms with Gasteiger partial charge >= 0.3 is 0 Å². The van der Waals surface area contributed by atoms with Gasteiger partial charge in [0.15, 0.2) is 0 Å². The molecule has 1 heterocycles. The number of hydrogen-bond donors (Lipinski definition) is 2. The molecule has 0 bridgehead atoms. The van der Waals surface area contributed by atoms with Crippen LogP contribution >= 0.6 is 23.2 Å². The largest absolute Gasteiger partial charge is 0.387 e. The number of aromatic nitrogens is 1. The summed E-state index contributed by atoms with van der Waals surface area (Å²) in [5.74, 6) is -0.778. The topological polar surface area (TPSA) is 62.2 Å². The highest BCUT2D eigenvalue weighted by atomic mass is 35.5. The van der Waals surface area contributed by atoms with Crippen molar-refractivity contribution in [3.05, 3.63) is 63.4 Å². The highest BCUT2D eigenvalue weighted by Crippen LogP contribution is 2.42. The zero-order chi connectivity index (χ0) is 17.3. The lowest BCUT2D eigenvalue weighted by molar-refractivity contribution is -0.135. The van der Waals surface area contributed by atoms with Crippen LogP contribution in [0.4, 0.5) is 4.39 Å². The lowest BCUT2D eigenvalue weighted by Gasteiger charge is -2.32. The minimum Gasteiger partial charge on any atom is -0.387 e. The number of carbonyl (C=O) groups excluding carboxylic acids is 1. The lowest BCUT2D eigenvalue weighted by Crippen LogP contribution is -2.44. The summed E-state index contributed by atoms with van der Waals surface area (Å²) < 4.78 is 15.4. The van der Waals surface area contributed by atoms with Crippen molar-refractivity contribution >= 4 is 29.1 Å². The summed E-state index contributed by atoms with van der Waals surface area (Å²) in [6.45, 7) is 0.0576. The van der Waals surface area contributed by atoms with Gasteiger partial charge in [0.1, 0.15) is 0 Å². The second-order valence-electron chi connectivity index (χ2n) is 5.69. The van der Waals surface area contributed by atoms with Gasteiger partial charge in [-0.1, -0.05) is 41.4 Å². The number of aliphatic hydroxyl groups is 1. The number of carbonyl (C=O) groups is 1. The Kier molecular flexibility index (Phi) is 4.76. The first-order valence-corrected chi connectivity index (χ1v) is 8.22. The van der Waals surface area contributed by atoms with Crippen molar-refractivity contribution in [2.24, 2.45) is 0 Å². The molecule has 126 valence electrons. The van der Waals surface area contributed by atoms with E-state index >= 15 is 4.39 Å². The molecule has 1 amide bonds. The third-order valence-electron chi connectivity index (χ3n) is 4.17. The molecule has 0 aliphatic heterocycles. The van der Waals surface area contributed by atoms with Gasteiger partial charge in [0, 0.05) is 18.3 Å². The Hall–Kier alpha value is -1.69. The summed E-state index contributed by atoms with van der Waals surface area (Å²) in [5, 5.41) is 13.2. The molecule has 0 radical (unpaired) electrons. The molecular formula is C17H15Cl2FN2O2. The average Bonchev–Trinajstić information content (AvgIpc) is 2.59. The van der Waals surface area contributed by atoms with E-state index in [1.165, 1.54) is 12.3 Å². The van der Waals surface area contributed by atoms with Crippen LogP contribution in [0.1, 0.15) is 35.8 Å². The fourth-order valence-electron chi connectivity index (χ4n) is 2.86. The van der Waals surface area contributed by atoms with Crippen molar-refractivity contribution < 1.29 is 14.3 Å². The molecule has 0 spiro atoms. The van der Waals surface area contributed by atoms with Crippen LogP contribution in [0.3, 0.4) is 0 Å². The predicted molar refractivity (Wildman–Crippen MR) is 89.5 cm³/mol. The molecule has 2 aromatic rings. The number of alkyl halides is 1. The van der Waals surface area contributed by atoms with Gasteiger partial charge in [-0.2, -0.15) is 0 Å². The monoisotopic (exact) mass is 368 g/mol. The molecule has 1 aromatic carbocycles. The number of nitrogens with zero attached hydrogens (tertiary/aromatic N) is 1. The van der Waals surface area contributed by atoms with Gasteiger partial charge in [-0.05, 0) is 30.5 Å². The summed E-state index contributed by atoms with van der Waals surface area (Å²) in [5.41, 5.74) is -1.31. The second kappa shape index (κ2) is 6.67. The second-order valence-corrected chi connectivity index (χ2v) is 6.47. The van der Waals surface area contributed by atoms with Gasteiger partial charge in [0.2, 0.25) is 5.67 Å². The van der Waals surface area contributed by atoms with Crippen molar-refractivity contribution in [1.29, 1.82) is 0 Å². The molecule has 0 saturated heterocycles. The van der Waals surface area contributed by atoms with Crippen molar-refractivity contribution in [2.45, 2.75) is 31.2 Å². The van der Waals surface area contributed by atoms with Crippen LogP contribution in [0.2, 0.25) is 10.0 Å². The normalized spacial score (nSPS) is 22.8. The maximum Gasteiger partial charge on any atom is 0.262 e. The SMILES string of the molecule is O=C(NCc1cccc(Cl)c1Cl)[C@@]1(F)CC[C@@H](O)c2ncccc21. The highest BCUT2D eigenvalue weighted by molar-refractivity contribution is 6.42. The van der Waals surface area contributed by atoms with E-state index in [1.54, 1.807) is 24.3 Å². The Morgan fingerprint density at radius 2 is 2.17 bits per heavy atom. The summed E-state index contributed by atoms with van der Waals surface area (Å²) in [7, 11) is 0. The van der Waals surface area contributed by atoms with E-state index < -0.39 is 17.7 Å². The molecule has 2 N–H and O–H groups in total. The molecule has 3 rings (SSSR count). The first-order chi connectivity index (χ1) is 11.4. The molecule has 24 heavy (non-hydrogen) atoms. The van der Waals surface area contributed by atoms with Crippen LogP contribution < -0.4 is 5.32 Å². The van der Waals surface area contributed by atoms with Gasteiger partial charge in [-0.15, -0.1) is 0 Å². The molecule has 0 unspecified atom stereocenters. The average molecular weight is 369 g/mol. The van der Waals surface area contributed by atoms with Crippen molar-refractivity contribution in [3.63, 3.8) is 0 Å². The van der Waals surface area contributed by atoms with Gasteiger partial charge < -0.3 is 10.4 Å².